The topological polar surface area (TPSA) is 32.7 Å². The van der Waals surface area contributed by atoms with E-state index in [0.717, 1.165) is 32.4 Å². The molecule has 0 spiro atoms. The van der Waals surface area contributed by atoms with Crippen molar-refractivity contribution in [3.05, 3.63) is 0 Å². The second-order valence-electron chi connectivity index (χ2n) is 6.30. The predicted octanol–water partition coefficient (Wildman–Crippen LogP) is 2.63. The summed E-state index contributed by atoms with van der Waals surface area (Å²) in [6.45, 7) is 12.4. The lowest BCUT2D eigenvalue weighted by Gasteiger charge is -2.32. The summed E-state index contributed by atoms with van der Waals surface area (Å²) in [6.07, 6.45) is 3.37. The van der Waals surface area contributed by atoms with Gasteiger partial charge in [-0.25, -0.2) is 0 Å². The fourth-order valence-electron chi connectivity index (χ4n) is 2.54. The summed E-state index contributed by atoms with van der Waals surface area (Å²) in [5, 5.41) is 9.70. The maximum absolute atomic E-state index is 9.70. The van der Waals surface area contributed by atoms with Gasteiger partial charge in [0.15, 0.2) is 0 Å². The summed E-state index contributed by atoms with van der Waals surface area (Å²) in [7, 11) is 0. The highest BCUT2D eigenvalue weighted by molar-refractivity contribution is 4.78. The molecule has 1 fully saturated rings. The number of nitrogens with zero attached hydrogens (tertiary/aromatic N) is 1. The zero-order valence-electron chi connectivity index (χ0n) is 12.1. The average molecular weight is 243 g/mol. The van der Waals surface area contributed by atoms with E-state index in [9.17, 15) is 5.11 Å². The van der Waals surface area contributed by atoms with Crippen molar-refractivity contribution in [2.45, 2.75) is 71.8 Å². The van der Waals surface area contributed by atoms with E-state index in [1.807, 2.05) is 13.8 Å². The normalized spacial score (nSPS) is 24.5. The summed E-state index contributed by atoms with van der Waals surface area (Å²) in [4.78, 5) is 2.47. The molecule has 0 aliphatic carbocycles. The Morgan fingerprint density at radius 2 is 2.00 bits per heavy atom. The lowest BCUT2D eigenvalue weighted by molar-refractivity contribution is -0.0204. The molecule has 2 atom stereocenters. The van der Waals surface area contributed by atoms with Crippen molar-refractivity contribution in [1.82, 2.24) is 4.90 Å². The molecule has 0 bridgehead atoms. The van der Waals surface area contributed by atoms with Crippen LogP contribution in [0.3, 0.4) is 0 Å². The molecule has 0 amide bonds. The van der Waals surface area contributed by atoms with Crippen LogP contribution in [-0.2, 0) is 4.74 Å². The van der Waals surface area contributed by atoms with E-state index in [2.05, 4.69) is 25.7 Å². The van der Waals surface area contributed by atoms with Gasteiger partial charge in [-0.05, 0) is 46.0 Å². The molecule has 3 heteroatoms. The Kier molecular flexibility index (Phi) is 5.42. The van der Waals surface area contributed by atoms with Crippen LogP contribution in [0.4, 0.5) is 0 Å². The third-order valence-corrected chi connectivity index (χ3v) is 3.51. The fourth-order valence-corrected chi connectivity index (χ4v) is 2.54. The van der Waals surface area contributed by atoms with Crippen LogP contribution in [0.1, 0.15) is 53.9 Å². The van der Waals surface area contributed by atoms with Crippen molar-refractivity contribution < 1.29 is 9.84 Å². The summed E-state index contributed by atoms with van der Waals surface area (Å²) in [5.41, 5.74) is -0.529. The average Bonchev–Trinajstić information content (AvgIpc) is 2.63. The summed E-state index contributed by atoms with van der Waals surface area (Å²) in [6, 6.07) is 0.548. The van der Waals surface area contributed by atoms with E-state index in [4.69, 9.17) is 4.74 Å². The summed E-state index contributed by atoms with van der Waals surface area (Å²) >= 11 is 0. The van der Waals surface area contributed by atoms with Crippen LogP contribution in [0.15, 0.2) is 0 Å². The monoisotopic (exact) mass is 243 g/mol. The maximum atomic E-state index is 9.70. The van der Waals surface area contributed by atoms with E-state index in [-0.39, 0.29) is 6.23 Å². The molecular weight excluding hydrogens is 214 g/mol. The van der Waals surface area contributed by atoms with Crippen molar-refractivity contribution >= 4 is 0 Å². The van der Waals surface area contributed by atoms with Gasteiger partial charge in [0.1, 0.15) is 6.23 Å². The number of hydrogen-bond acceptors (Lipinski definition) is 3. The highest BCUT2D eigenvalue weighted by atomic mass is 16.5. The lowest BCUT2D eigenvalue weighted by atomic mass is 9.99. The van der Waals surface area contributed by atoms with Gasteiger partial charge in [0.05, 0.1) is 12.2 Å². The summed E-state index contributed by atoms with van der Waals surface area (Å²) in [5.74, 6) is 0.550. The first-order valence-electron chi connectivity index (χ1n) is 6.91. The zero-order valence-corrected chi connectivity index (χ0v) is 12.1. The van der Waals surface area contributed by atoms with E-state index in [0.29, 0.717) is 12.0 Å². The molecule has 1 N–H and O–H groups in total. The second-order valence-corrected chi connectivity index (χ2v) is 6.30. The first-order valence-corrected chi connectivity index (χ1v) is 6.91. The molecule has 0 unspecified atom stereocenters. The zero-order chi connectivity index (χ0) is 13.1. The fraction of sp³-hybridized carbons (Fsp3) is 1.00. The van der Waals surface area contributed by atoms with Gasteiger partial charge in [0, 0.05) is 12.6 Å². The highest BCUT2D eigenvalue weighted by Crippen LogP contribution is 2.23. The second kappa shape index (κ2) is 6.17. The lowest BCUT2D eigenvalue weighted by Crippen LogP contribution is -2.40. The van der Waals surface area contributed by atoms with Crippen molar-refractivity contribution in [1.29, 1.82) is 0 Å². The van der Waals surface area contributed by atoms with Gasteiger partial charge in [-0.3, -0.25) is 4.90 Å². The van der Waals surface area contributed by atoms with Gasteiger partial charge < -0.3 is 9.84 Å². The van der Waals surface area contributed by atoms with Crippen LogP contribution in [0.5, 0.6) is 0 Å². The Hall–Kier alpha value is -0.120. The molecule has 0 aromatic carbocycles. The number of hydrogen-bond donors (Lipinski definition) is 1. The number of aliphatic hydroxyl groups is 1. The maximum Gasteiger partial charge on any atom is 0.113 e. The minimum absolute atomic E-state index is 0.284. The molecule has 1 aliphatic rings. The van der Waals surface area contributed by atoms with Crippen molar-refractivity contribution in [2.75, 3.05) is 13.2 Å². The Morgan fingerprint density at radius 1 is 1.35 bits per heavy atom. The highest BCUT2D eigenvalue weighted by Gasteiger charge is 2.31. The van der Waals surface area contributed by atoms with E-state index in [1.165, 1.54) is 0 Å². The Labute approximate surface area is 106 Å². The van der Waals surface area contributed by atoms with Gasteiger partial charge in [0.25, 0.3) is 0 Å². The van der Waals surface area contributed by atoms with Gasteiger partial charge in [0.2, 0.25) is 0 Å². The molecule has 1 saturated heterocycles. The summed E-state index contributed by atoms with van der Waals surface area (Å²) < 4.78 is 5.77. The van der Waals surface area contributed by atoms with Crippen molar-refractivity contribution in [3.63, 3.8) is 0 Å². The van der Waals surface area contributed by atoms with Gasteiger partial charge in [-0.15, -0.1) is 0 Å². The number of ether oxygens (including phenoxy) is 1. The Bertz CT molecular complexity index is 223. The van der Waals surface area contributed by atoms with Crippen molar-refractivity contribution in [3.8, 4) is 0 Å². The minimum Gasteiger partial charge on any atom is -0.390 e. The molecule has 102 valence electrons. The molecule has 3 nitrogen and oxygen atoms in total. The van der Waals surface area contributed by atoms with Gasteiger partial charge in [-0.1, -0.05) is 13.8 Å². The quantitative estimate of drug-likeness (QED) is 0.778. The molecule has 1 aliphatic heterocycles. The molecule has 1 rings (SSSR count). The van der Waals surface area contributed by atoms with Crippen LogP contribution in [0.25, 0.3) is 0 Å². The molecule has 1 heterocycles. The Balaban J connectivity index is 2.34. The first kappa shape index (κ1) is 14.9. The van der Waals surface area contributed by atoms with Crippen LogP contribution < -0.4 is 0 Å². The minimum atomic E-state index is -0.529. The molecule has 0 aromatic rings. The standard InChI is InChI=1S/C14H29NO2/c1-11(2)13-15(9-10-17-13)12(3)7-6-8-14(4,5)16/h11-13,16H,6-10H2,1-5H3/t12-,13+/m0/s1. The third kappa shape index (κ3) is 4.94. The molecule has 17 heavy (non-hydrogen) atoms. The van der Waals surface area contributed by atoms with Gasteiger partial charge >= 0.3 is 0 Å². The SMILES string of the molecule is CC(C)[C@H]1OCCN1[C@@H](C)CCCC(C)(C)O. The Morgan fingerprint density at radius 3 is 2.53 bits per heavy atom. The number of rotatable bonds is 6. The molecular formula is C14H29NO2. The van der Waals surface area contributed by atoms with Crippen LogP contribution in [-0.4, -0.2) is 41.0 Å². The van der Waals surface area contributed by atoms with E-state index < -0.39 is 5.60 Å². The molecule has 0 saturated carbocycles. The molecule has 0 radical (unpaired) electrons. The predicted molar refractivity (Wildman–Crippen MR) is 70.9 cm³/mol. The van der Waals surface area contributed by atoms with Crippen molar-refractivity contribution in [2.24, 2.45) is 5.92 Å². The third-order valence-electron chi connectivity index (χ3n) is 3.51. The van der Waals surface area contributed by atoms with Gasteiger partial charge in [-0.2, -0.15) is 0 Å². The van der Waals surface area contributed by atoms with E-state index in [1.54, 1.807) is 0 Å². The van der Waals surface area contributed by atoms with Crippen LogP contribution in [0, 0.1) is 5.92 Å². The smallest absolute Gasteiger partial charge is 0.113 e. The van der Waals surface area contributed by atoms with E-state index >= 15 is 0 Å². The first-order chi connectivity index (χ1) is 7.81. The largest absolute Gasteiger partial charge is 0.390 e. The van der Waals surface area contributed by atoms with Crippen LogP contribution in [0.2, 0.25) is 0 Å². The molecule has 0 aromatic heterocycles. The van der Waals surface area contributed by atoms with Crippen LogP contribution >= 0.6 is 0 Å².